The maximum atomic E-state index is 8.97. The molecule has 0 aromatic heterocycles. The van der Waals surface area contributed by atoms with Gasteiger partial charge in [-0.2, -0.15) is 5.26 Å². The van der Waals surface area contributed by atoms with E-state index in [9.17, 15) is 0 Å². The third-order valence-corrected chi connectivity index (χ3v) is 5.12. The number of ether oxygens (including phenoxy) is 1. The Morgan fingerprint density at radius 2 is 1.84 bits per heavy atom. The van der Waals surface area contributed by atoms with Gasteiger partial charge in [-0.15, -0.1) is 0 Å². The molecule has 2 heterocycles. The quantitative estimate of drug-likeness (QED) is 0.819. The Morgan fingerprint density at radius 1 is 1.16 bits per heavy atom. The first-order valence-electron chi connectivity index (χ1n) is 7.32. The van der Waals surface area contributed by atoms with Crippen LogP contribution in [-0.2, 0) is 16.8 Å². The Hall–Kier alpha value is -1.33. The van der Waals surface area contributed by atoms with E-state index in [1.807, 2.05) is 0 Å². The molecule has 3 aliphatic rings. The van der Waals surface area contributed by atoms with E-state index in [0.29, 0.717) is 6.42 Å². The molecule has 4 rings (SSSR count). The second kappa shape index (κ2) is 4.65. The van der Waals surface area contributed by atoms with Crippen LogP contribution in [0.4, 0.5) is 0 Å². The molecule has 3 fully saturated rings. The maximum Gasteiger partial charge on any atom is 0.0932 e. The van der Waals surface area contributed by atoms with E-state index in [0.717, 1.165) is 38.7 Å². The van der Waals surface area contributed by atoms with Gasteiger partial charge in [0.2, 0.25) is 0 Å². The molecule has 1 aromatic carbocycles. The molecule has 0 atom stereocenters. The summed E-state index contributed by atoms with van der Waals surface area (Å²) in [6.07, 6.45) is 6.14. The molecule has 0 N–H and O–H groups in total. The van der Waals surface area contributed by atoms with Crippen molar-refractivity contribution < 1.29 is 4.74 Å². The fourth-order valence-corrected chi connectivity index (χ4v) is 3.58. The van der Waals surface area contributed by atoms with Crippen molar-refractivity contribution in [2.45, 2.75) is 51.0 Å². The van der Waals surface area contributed by atoms with E-state index in [1.54, 1.807) is 0 Å². The van der Waals surface area contributed by atoms with E-state index < -0.39 is 0 Å². The second-order valence-electron chi connectivity index (χ2n) is 6.17. The highest BCUT2D eigenvalue weighted by Crippen LogP contribution is 2.54. The van der Waals surface area contributed by atoms with Gasteiger partial charge in [-0.25, -0.2) is 0 Å². The Morgan fingerprint density at radius 3 is 2.32 bits per heavy atom. The first-order chi connectivity index (χ1) is 9.22. The lowest BCUT2D eigenvalue weighted by molar-refractivity contribution is -0.187. The summed E-state index contributed by atoms with van der Waals surface area (Å²) in [6, 6.07) is 11.3. The number of aryl methyl sites for hydroxylation is 1. The molecule has 1 aromatic rings. The van der Waals surface area contributed by atoms with Crippen molar-refractivity contribution in [2.24, 2.45) is 5.41 Å². The summed E-state index contributed by atoms with van der Waals surface area (Å²) in [5, 5.41) is 8.97. The van der Waals surface area contributed by atoms with Gasteiger partial charge in [-0.05, 0) is 43.2 Å². The number of nitrogens with zero attached hydrogens (tertiary/aromatic N) is 1. The van der Waals surface area contributed by atoms with Gasteiger partial charge in [0.25, 0.3) is 0 Å². The zero-order valence-electron chi connectivity index (χ0n) is 11.6. The highest BCUT2D eigenvalue weighted by molar-refractivity contribution is 5.29. The molecule has 2 heteroatoms. The minimum absolute atomic E-state index is 0.0660. The first-order valence-corrected chi connectivity index (χ1v) is 7.32. The molecule has 2 saturated heterocycles. The molecule has 19 heavy (non-hydrogen) atoms. The van der Waals surface area contributed by atoms with Crippen LogP contribution in [-0.4, -0.2) is 6.61 Å². The average Bonchev–Trinajstić information content (AvgIpc) is 2.49. The summed E-state index contributed by atoms with van der Waals surface area (Å²) in [5.74, 6) is 0. The van der Waals surface area contributed by atoms with Crippen LogP contribution in [0.15, 0.2) is 24.3 Å². The Balaban J connectivity index is 1.81. The van der Waals surface area contributed by atoms with Crippen LogP contribution in [0.25, 0.3) is 0 Å². The Labute approximate surface area is 115 Å². The zero-order valence-corrected chi connectivity index (χ0v) is 11.6. The number of fused-ring (bicyclic) bond motifs is 3. The topological polar surface area (TPSA) is 33.0 Å². The molecule has 2 bridgehead atoms. The summed E-state index contributed by atoms with van der Waals surface area (Å²) in [4.78, 5) is 0. The van der Waals surface area contributed by atoms with Crippen molar-refractivity contribution in [2.75, 3.05) is 6.61 Å². The maximum absolute atomic E-state index is 8.97. The molecule has 100 valence electrons. The largest absolute Gasteiger partial charge is 0.370 e. The summed E-state index contributed by atoms with van der Waals surface area (Å²) in [6.45, 7) is 2.94. The molecule has 0 radical (unpaired) electrons. The Bertz CT molecular complexity index is 472. The summed E-state index contributed by atoms with van der Waals surface area (Å²) >= 11 is 0. The molecular formula is C17H21NO. The minimum atomic E-state index is -0.0660. The van der Waals surface area contributed by atoms with E-state index in [1.165, 1.54) is 11.1 Å². The highest BCUT2D eigenvalue weighted by Gasteiger charge is 2.50. The van der Waals surface area contributed by atoms with Crippen LogP contribution in [0.2, 0.25) is 0 Å². The zero-order chi connectivity index (χ0) is 13.3. The first kappa shape index (κ1) is 12.7. The predicted molar refractivity (Wildman–Crippen MR) is 74.6 cm³/mol. The van der Waals surface area contributed by atoms with E-state index in [4.69, 9.17) is 10.00 Å². The van der Waals surface area contributed by atoms with Crippen molar-refractivity contribution in [1.29, 1.82) is 5.26 Å². The predicted octanol–water partition coefficient (Wildman–Crippen LogP) is 3.95. The van der Waals surface area contributed by atoms with Crippen molar-refractivity contribution in [3.63, 3.8) is 0 Å². The lowest BCUT2D eigenvalue weighted by Crippen LogP contribution is -2.49. The molecular weight excluding hydrogens is 234 g/mol. The SMILES string of the molecule is CCc1ccc(C23CCC(CC#N)(CC2)CO3)cc1. The van der Waals surface area contributed by atoms with Crippen molar-refractivity contribution in [3.05, 3.63) is 35.4 Å². The van der Waals surface area contributed by atoms with Crippen LogP contribution in [0.3, 0.4) is 0 Å². The lowest BCUT2D eigenvalue weighted by atomic mass is 9.63. The lowest BCUT2D eigenvalue weighted by Gasteiger charge is -2.52. The number of nitriles is 1. The van der Waals surface area contributed by atoms with Gasteiger partial charge in [0, 0.05) is 11.8 Å². The van der Waals surface area contributed by atoms with Gasteiger partial charge < -0.3 is 4.74 Å². The summed E-state index contributed by atoms with van der Waals surface area (Å²) < 4.78 is 6.23. The fourth-order valence-electron chi connectivity index (χ4n) is 3.58. The van der Waals surface area contributed by atoms with Gasteiger partial charge in [0.15, 0.2) is 0 Å². The monoisotopic (exact) mass is 255 g/mol. The molecule has 0 amide bonds. The normalized spacial score (nSPS) is 33.1. The number of hydrogen-bond acceptors (Lipinski definition) is 2. The highest BCUT2D eigenvalue weighted by atomic mass is 16.5. The van der Waals surface area contributed by atoms with Crippen molar-refractivity contribution in [3.8, 4) is 6.07 Å². The Kier molecular flexibility index (Phi) is 3.11. The molecule has 0 unspecified atom stereocenters. The van der Waals surface area contributed by atoms with E-state index >= 15 is 0 Å². The van der Waals surface area contributed by atoms with Crippen LogP contribution in [0.1, 0.15) is 50.2 Å². The van der Waals surface area contributed by atoms with Gasteiger partial charge in [0.1, 0.15) is 0 Å². The second-order valence-corrected chi connectivity index (χ2v) is 6.17. The van der Waals surface area contributed by atoms with Crippen molar-refractivity contribution >= 4 is 0 Å². The van der Waals surface area contributed by atoms with Crippen molar-refractivity contribution in [1.82, 2.24) is 0 Å². The third-order valence-electron chi connectivity index (χ3n) is 5.12. The molecule has 2 aliphatic heterocycles. The number of benzene rings is 1. The fraction of sp³-hybridized carbons (Fsp3) is 0.588. The molecule has 0 spiro atoms. The van der Waals surface area contributed by atoms with E-state index in [-0.39, 0.29) is 11.0 Å². The van der Waals surface area contributed by atoms with Gasteiger partial charge in [0.05, 0.1) is 18.3 Å². The minimum Gasteiger partial charge on any atom is -0.370 e. The summed E-state index contributed by atoms with van der Waals surface area (Å²) in [7, 11) is 0. The van der Waals surface area contributed by atoms with Gasteiger partial charge in [-0.1, -0.05) is 31.2 Å². The van der Waals surface area contributed by atoms with Crippen LogP contribution >= 0.6 is 0 Å². The third kappa shape index (κ3) is 2.07. The standard InChI is InChI=1S/C17H21NO/c1-2-14-3-5-15(6-4-14)17-9-7-16(8-10-17,11-12-18)13-19-17/h3-6H,2,7-11,13H2,1H3. The number of hydrogen-bond donors (Lipinski definition) is 0. The molecule has 1 aliphatic carbocycles. The van der Waals surface area contributed by atoms with Gasteiger partial charge in [-0.3, -0.25) is 0 Å². The molecule has 1 saturated carbocycles. The smallest absolute Gasteiger partial charge is 0.0932 e. The van der Waals surface area contributed by atoms with Crippen LogP contribution in [0, 0.1) is 16.7 Å². The van der Waals surface area contributed by atoms with Crippen LogP contribution < -0.4 is 0 Å². The average molecular weight is 255 g/mol. The van der Waals surface area contributed by atoms with E-state index in [2.05, 4.69) is 37.3 Å². The number of rotatable bonds is 3. The van der Waals surface area contributed by atoms with Crippen LogP contribution in [0.5, 0.6) is 0 Å². The van der Waals surface area contributed by atoms with Gasteiger partial charge >= 0.3 is 0 Å². The summed E-state index contributed by atoms with van der Waals surface area (Å²) in [5.41, 5.74) is 2.80. The molecule has 2 nitrogen and oxygen atoms in total.